The average molecular weight is 241 g/mol. The molecule has 1 aliphatic heterocycles. The van der Waals surface area contributed by atoms with E-state index in [0.717, 1.165) is 18.5 Å². The molecule has 102 valence electrons. The first-order chi connectivity index (χ1) is 8.06. The minimum atomic E-state index is 0.677. The molecule has 0 aromatic rings. The van der Waals surface area contributed by atoms with Gasteiger partial charge in [0.1, 0.15) is 0 Å². The molecule has 1 fully saturated rings. The lowest BCUT2D eigenvalue weighted by atomic mass is 9.96. The Labute approximate surface area is 107 Å². The van der Waals surface area contributed by atoms with Crippen molar-refractivity contribution in [3.63, 3.8) is 0 Å². The highest BCUT2D eigenvalue weighted by atomic mass is 15.3. The van der Waals surface area contributed by atoms with Crippen LogP contribution in [0.2, 0.25) is 0 Å². The van der Waals surface area contributed by atoms with Gasteiger partial charge in [-0.1, -0.05) is 20.8 Å². The molecule has 0 radical (unpaired) electrons. The van der Waals surface area contributed by atoms with Gasteiger partial charge in [0.25, 0.3) is 0 Å². The van der Waals surface area contributed by atoms with Crippen LogP contribution in [0.5, 0.6) is 0 Å². The summed E-state index contributed by atoms with van der Waals surface area (Å²) in [7, 11) is 2.25. The van der Waals surface area contributed by atoms with Crippen molar-refractivity contribution in [2.24, 2.45) is 17.6 Å². The quantitative estimate of drug-likeness (QED) is 0.767. The summed E-state index contributed by atoms with van der Waals surface area (Å²) in [5.41, 5.74) is 5.90. The van der Waals surface area contributed by atoms with Gasteiger partial charge in [-0.25, -0.2) is 0 Å². The number of nitrogens with zero attached hydrogens (tertiary/aromatic N) is 2. The van der Waals surface area contributed by atoms with E-state index in [2.05, 4.69) is 37.6 Å². The second kappa shape index (κ2) is 7.34. The number of rotatable bonds is 6. The van der Waals surface area contributed by atoms with Crippen LogP contribution in [-0.2, 0) is 0 Å². The minimum absolute atomic E-state index is 0.677. The lowest BCUT2D eigenvalue weighted by Gasteiger charge is -2.40. The Balaban J connectivity index is 2.39. The van der Waals surface area contributed by atoms with Gasteiger partial charge in [0.2, 0.25) is 0 Å². The molecule has 2 atom stereocenters. The van der Waals surface area contributed by atoms with Crippen molar-refractivity contribution in [2.75, 3.05) is 39.8 Å². The molecule has 2 unspecified atom stereocenters. The smallest absolute Gasteiger partial charge is 0.0218 e. The summed E-state index contributed by atoms with van der Waals surface area (Å²) >= 11 is 0. The first kappa shape index (κ1) is 14.9. The van der Waals surface area contributed by atoms with Crippen LogP contribution in [0, 0.1) is 11.8 Å². The van der Waals surface area contributed by atoms with Crippen molar-refractivity contribution in [2.45, 2.75) is 39.7 Å². The van der Waals surface area contributed by atoms with E-state index in [-0.39, 0.29) is 0 Å². The molecule has 0 aromatic heterocycles. The molecule has 0 saturated carbocycles. The number of hydrogen-bond donors (Lipinski definition) is 1. The summed E-state index contributed by atoms with van der Waals surface area (Å²) in [6.45, 7) is 12.5. The highest BCUT2D eigenvalue weighted by molar-refractivity contribution is 4.80. The van der Waals surface area contributed by atoms with Gasteiger partial charge >= 0.3 is 0 Å². The topological polar surface area (TPSA) is 32.5 Å². The Morgan fingerprint density at radius 3 is 2.53 bits per heavy atom. The molecule has 2 N–H and O–H groups in total. The maximum absolute atomic E-state index is 5.90. The SMILES string of the molecule is CCC1CN(CC(CN)CC(C)C)CCN1C. The predicted molar refractivity (Wildman–Crippen MR) is 75.1 cm³/mol. The maximum Gasteiger partial charge on any atom is 0.0218 e. The molecular formula is C14H31N3. The van der Waals surface area contributed by atoms with Gasteiger partial charge in [-0.05, 0) is 38.3 Å². The molecule has 0 bridgehead atoms. The monoisotopic (exact) mass is 241 g/mol. The molecule has 3 heteroatoms. The normalized spacial score (nSPS) is 25.4. The number of hydrogen-bond acceptors (Lipinski definition) is 3. The van der Waals surface area contributed by atoms with E-state index in [1.165, 1.54) is 39.0 Å². The Morgan fingerprint density at radius 1 is 1.29 bits per heavy atom. The summed E-state index contributed by atoms with van der Waals surface area (Å²) in [5.74, 6) is 1.44. The van der Waals surface area contributed by atoms with Gasteiger partial charge in [0.15, 0.2) is 0 Å². The van der Waals surface area contributed by atoms with Gasteiger partial charge in [0, 0.05) is 32.2 Å². The lowest BCUT2D eigenvalue weighted by Crippen LogP contribution is -2.52. The van der Waals surface area contributed by atoms with Crippen LogP contribution in [0.25, 0.3) is 0 Å². The zero-order chi connectivity index (χ0) is 12.8. The summed E-state index contributed by atoms with van der Waals surface area (Å²) in [6.07, 6.45) is 2.52. The van der Waals surface area contributed by atoms with Crippen LogP contribution in [-0.4, -0.2) is 55.6 Å². The van der Waals surface area contributed by atoms with E-state index in [9.17, 15) is 0 Å². The van der Waals surface area contributed by atoms with Gasteiger partial charge in [-0.2, -0.15) is 0 Å². The number of likely N-dealkylation sites (N-methyl/N-ethyl adjacent to an activating group) is 1. The van der Waals surface area contributed by atoms with E-state index < -0.39 is 0 Å². The third-order valence-electron chi connectivity index (χ3n) is 3.99. The second-order valence-corrected chi connectivity index (χ2v) is 6.03. The van der Waals surface area contributed by atoms with E-state index in [0.29, 0.717) is 5.92 Å². The van der Waals surface area contributed by atoms with Gasteiger partial charge in [-0.15, -0.1) is 0 Å². The standard InChI is InChI=1S/C14H31N3/c1-5-14-11-17(7-6-16(14)4)10-13(9-15)8-12(2)3/h12-14H,5-11,15H2,1-4H3. The van der Waals surface area contributed by atoms with E-state index in [1.807, 2.05) is 0 Å². The fraction of sp³-hybridized carbons (Fsp3) is 1.00. The zero-order valence-electron chi connectivity index (χ0n) is 12.2. The number of nitrogens with two attached hydrogens (primary N) is 1. The summed E-state index contributed by atoms with van der Waals surface area (Å²) in [4.78, 5) is 5.12. The van der Waals surface area contributed by atoms with E-state index in [4.69, 9.17) is 5.73 Å². The number of piperazine rings is 1. The summed E-state index contributed by atoms with van der Waals surface area (Å²) in [6, 6.07) is 0.737. The molecule has 17 heavy (non-hydrogen) atoms. The molecule has 0 spiro atoms. The van der Waals surface area contributed by atoms with E-state index in [1.54, 1.807) is 0 Å². The molecule has 0 amide bonds. The Kier molecular flexibility index (Phi) is 6.45. The Bertz CT molecular complexity index is 206. The average Bonchev–Trinajstić information content (AvgIpc) is 2.30. The Hall–Kier alpha value is -0.120. The largest absolute Gasteiger partial charge is 0.330 e. The third-order valence-corrected chi connectivity index (χ3v) is 3.99. The van der Waals surface area contributed by atoms with Crippen molar-refractivity contribution in [3.8, 4) is 0 Å². The molecule has 1 aliphatic rings. The van der Waals surface area contributed by atoms with Gasteiger partial charge < -0.3 is 15.5 Å². The van der Waals surface area contributed by atoms with Crippen molar-refractivity contribution >= 4 is 0 Å². The highest BCUT2D eigenvalue weighted by Crippen LogP contribution is 2.16. The highest BCUT2D eigenvalue weighted by Gasteiger charge is 2.24. The molecule has 1 heterocycles. The van der Waals surface area contributed by atoms with Crippen LogP contribution < -0.4 is 5.73 Å². The molecular weight excluding hydrogens is 210 g/mol. The fourth-order valence-corrected chi connectivity index (χ4v) is 2.89. The lowest BCUT2D eigenvalue weighted by molar-refractivity contribution is 0.0797. The minimum Gasteiger partial charge on any atom is -0.330 e. The van der Waals surface area contributed by atoms with Crippen LogP contribution >= 0.6 is 0 Å². The third kappa shape index (κ3) is 4.94. The summed E-state index contributed by atoms with van der Waals surface area (Å²) < 4.78 is 0. The fourth-order valence-electron chi connectivity index (χ4n) is 2.89. The Morgan fingerprint density at radius 2 is 2.00 bits per heavy atom. The first-order valence-corrected chi connectivity index (χ1v) is 7.19. The molecule has 1 rings (SSSR count). The van der Waals surface area contributed by atoms with Crippen LogP contribution in [0.1, 0.15) is 33.6 Å². The second-order valence-electron chi connectivity index (χ2n) is 6.03. The predicted octanol–water partition coefficient (Wildman–Crippen LogP) is 1.63. The van der Waals surface area contributed by atoms with Crippen LogP contribution in [0.3, 0.4) is 0 Å². The van der Waals surface area contributed by atoms with Gasteiger partial charge in [0.05, 0.1) is 0 Å². The van der Waals surface area contributed by atoms with Crippen molar-refractivity contribution < 1.29 is 0 Å². The van der Waals surface area contributed by atoms with Crippen LogP contribution in [0.15, 0.2) is 0 Å². The molecule has 0 aliphatic carbocycles. The molecule has 1 saturated heterocycles. The maximum atomic E-state index is 5.90. The van der Waals surface area contributed by atoms with E-state index >= 15 is 0 Å². The van der Waals surface area contributed by atoms with Crippen molar-refractivity contribution in [1.29, 1.82) is 0 Å². The van der Waals surface area contributed by atoms with Crippen molar-refractivity contribution in [1.82, 2.24) is 9.80 Å². The zero-order valence-corrected chi connectivity index (χ0v) is 12.2. The molecule has 0 aromatic carbocycles. The first-order valence-electron chi connectivity index (χ1n) is 7.19. The van der Waals surface area contributed by atoms with Crippen molar-refractivity contribution in [3.05, 3.63) is 0 Å². The summed E-state index contributed by atoms with van der Waals surface area (Å²) in [5, 5.41) is 0. The van der Waals surface area contributed by atoms with Crippen LogP contribution in [0.4, 0.5) is 0 Å². The molecule has 3 nitrogen and oxygen atoms in total. The van der Waals surface area contributed by atoms with Gasteiger partial charge in [-0.3, -0.25) is 0 Å².